The van der Waals surface area contributed by atoms with E-state index >= 15 is 0 Å². The van der Waals surface area contributed by atoms with Crippen LogP contribution in [0.3, 0.4) is 0 Å². The Hall–Kier alpha value is -1.22. The van der Waals surface area contributed by atoms with Crippen LogP contribution < -0.4 is 4.90 Å². The van der Waals surface area contributed by atoms with Crippen molar-refractivity contribution < 1.29 is 0 Å². The van der Waals surface area contributed by atoms with Crippen LogP contribution in [0.5, 0.6) is 0 Å². The van der Waals surface area contributed by atoms with Gasteiger partial charge in [-0.3, -0.25) is 0 Å². The van der Waals surface area contributed by atoms with Gasteiger partial charge >= 0.3 is 0 Å². The van der Waals surface area contributed by atoms with E-state index in [4.69, 9.17) is 5.26 Å². The number of rotatable bonds is 1. The Balaban J connectivity index is 2.19. The molecule has 0 aliphatic carbocycles. The number of nitrogens with one attached hydrogen (secondary N) is 1. The van der Waals surface area contributed by atoms with Crippen molar-refractivity contribution in [2.24, 2.45) is 0 Å². The van der Waals surface area contributed by atoms with E-state index in [1.165, 1.54) is 0 Å². The van der Waals surface area contributed by atoms with Crippen molar-refractivity contribution in [3.05, 3.63) is 5.69 Å². The molecule has 0 radical (unpaired) electrons. The monoisotopic (exact) mass is 195 g/mol. The van der Waals surface area contributed by atoms with Crippen LogP contribution >= 0.6 is 11.8 Å². The average molecular weight is 195 g/mol. The van der Waals surface area contributed by atoms with Gasteiger partial charge in [-0.1, -0.05) is 0 Å². The zero-order valence-corrected chi connectivity index (χ0v) is 7.84. The minimum atomic E-state index is 0.395. The lowest BCUT2D eigenvalue weighted by atomic mass is 10.4. The number of anilines is 1. The lowest BCUT2D eigenvalue weighted by molar-refractivity contribution is 0.828. The third-order valence-electron chi connectivity index (χ3n) is 1.95. The van der Waals surface area contributed by atoms with Crippen LogP contribution in [0.2, 0.25) is 0 Å². The topological polar surface area (TPSA) is 68.6 Å². The number of hydrogen-bond acceptors (Lipinski definition) is 5. The molecule has 6 heteroatoms. The second-order valence-corrected chi connectivity index (χ2v) is 3.93. The van der Waals surface area contributed by atoms with E-state index in [9.17, 15) is 0 Å². The van der Waals surface area contributed by atoms with Crippen molar-refractivity contribution in [1.29, 1.82) is 5.26 Å². The van der Waals surface area contributed by atoms with Gasteiger partial charge in [-0.15, -0.1) is 10.2 Å². The molecule has 1 fully saturated rings. The van der Waals surface area contributed by atoms with Crippen LogP contribution in [0, 0.1) is 11.3 Å². The molecular weight excluding hydrogens is 186 g/mol. The highest BCUT2D eigenvalue weighted by Gasteiger charge is 2.17. The van der Waals surface area contributed by atoms with Crippen molar-refractivity contribution >= 4 is 17.6 Å². The lowest BCUT2D eigenvalue weighted by Crippen LogP contribution is -2.33. The van der Waals surface area contributed by atoms with E-state index in [1.807, 2.05) is 17.8 Å². The van der Waals surface area contributed by atoms with Gasteiger partial charge in [-0.2, -0.15) is 22.2 Å². The summed E-state index contributed by atoms with van der Waals surface area (Å²) in [7, 11) is 0. The molecular formula is C7H9N5S. The fourth-order valence-corrected chi connectivity index (χ4v) is 2.20. The molecule has 0 spiro atoms. The number of aromatic nitrogens is 3. The minimum absolute atomic E-state index is 0.395. The SMILES string of the molecule is N#Cc1n[nH]nc1N1CCSCC1. The van der Waals surface area contributed by atoms with E-state index < -0.39 is 0 Å². The number of thioether (sulfide) groups is 1. The van der Waals surface area contributed by atoms with Crippen molar-refractivity contribution in [2.45, 2.75) is 0 Å². The van der Waals surface area contributed by atoms with Gasteiger partial charge in [0.05, 0.1) is 0 Å². The average Bonchev–Trinajstić information content (AvgIpc) is 2.67. The number of aromatic amines is 1. The van der Waals surface area contributed by atoms with Crippen molar-refractivity contribution in [1.82, 2.24) is 15.4 Å². The van der Waals surface area contributed by atoms with Gasteiger partial charge in [0.1, 0.15) is 6.07 Å². The molecule has 5 nitrogen and oxygen atoms in total. The van der Waals surface area contributed by atoms with Crippen molar-refractivity contribution in [3.63, 3.8) is 0 Å². The summed E-state index contributed by atoms with van der Waals surface area (Å²) in [5, 5.41) is 18.9. The van der Waals surface area contributed by atoms with Gasteiger partial charge in [0, 0.05) is 24.6 Å². The first-order chi connectivity index (χ1) is 6.42. The molecule has 0 aromatic carbocycles. The molecule has 0 amide bonds. The second kappa shape index (κ2) is 3.66. The molecule has 2 heterocycles. The predicted octanol–water partition coefficient (Wildman–Crippen LogP) is 0.230. The minimum Gasteiger partial charge on any atom is -0.351 e. The summed E-state index contributed by atoms with van der Waals surface area (Å²) >= 11 is 1.93. The Bertz CT molecular complexity index is 322. The van der Waals surface area contributed by atoms with E-state index in [-0.39, 0.29) is 0 Å². The Morgan fingerprint density at radius 1 is 1.38 bits per heavy atom. The lowest BCUT2D eigenvalue weighted by Gasteiger charge is -2.25. The summed E-state index contributed by atoms with van der Waals surface area (Å²) in [5.74, 6) is 2.89. The number of H-pyrrole nitrogens is 1. The van der Waals surface area contributed by atoms with E-state index in [2.05, 4.69) is 20.3 Å². The number of nitriles is 1. The number of hydrogen-bond donors (Lipinski definition) is 1. The van der Waals surface area contributed by atoms with Gasteiger partial charge < -0.3 is 4.90 Å². The van der Waals surface area contributed by atoms with Gasteiger partial charge in [0.25, 0.3) is 0 Å². The van der Waals surface area contributed by atoms with E-state index in [1.54, 1.807) is 0 Å². The molecule has 2 rings (SSSR count). The Morgan fingerprint density at radius 3 is 2.85 bits per heavy atom. The largest absolute Gasteiger partial charge is 0.351 e. The molecule has 1 saturated heterocycles. The maximum absolute atomic E-state index is 8.73. The van der Waals surface area contributed by atoms with Gasteiger partial charge in [0.15, 0.2) is 5.82 Å². The zero-order valence-electron chi connectivity index (χ0n) is 7.03. The van der Waals surface area contributed by atoms with E-state index in [0.717, 1.165) is 24.6 Å². The third-order valence-corrected chi connectivity index (χ3v) is 2.89. The highest BCUT2D eigenvalue weighted by atomic mass is 32.2. The molecule has 0 saturated carbocycles. The zero-order chi connectivity index (χ0) is 9.10. The maximum Gasteiger partial charge on any atom is 0.206 e. The Kier molecular flexibility index (Phi) is 2.36. The normalized spacial score (nSPS) is 17.0. The van der Waals surface area contributed by atoms with Gasteiger partial charge in [-0.25, -0.2) is 0 Å². The molecule has 1 aromatic heterocycles. The number of nitrogens with zero attached hydrogens (tertiary/aromatic N) is 4. The molecule has 0 unspecified atom stereocenters. The molecule has 0 bridgehead atoms. The summed E-state index contributed by atoms with van der Waals surface area (Å²) in [5.41, 5.74) is 0.395. The quantitative estimate of drug-likeness (QED) is 0.694. The first-order valence-electron chi connectivity index (χ1n) is 4.05. The van der Waals surface area contributed by atoms with Crippen molar-refractivity contribution in [3.8, 4) is 6.07 Å². The molecule has 1 aliphatic heterocycles. The highest BCUT2D eigenvalue weighted by molar-refractivity contribution is 7.99. The first kappa shape index (κ1) is 8.38. The first-order valence-corrected chi connectivity index (χ1v) is 5.21. The molecule has 1 aliphatic rings. The van der Waals surface area contributed by atoms with Crippen LogP contribution in [0.25, 0.3) is 0 Å². The molecule has 0 atom stereocenters. The fraction of sp³-hybridized carbons (Fsp3) is 0.571. The van der Waals surface area contributed by atoms with Crippen LogP contribution in [-0.4, -0.2) is 40.0 Å². The summed E-state index contributed by atoms with van der Waals surface area (Å²) < 4.78 is 0. The molecule has 1 aromatic rings. The Morgan fingerprint density at radius 2 is 2.15 bits per heavy atom. The maximum atomic E-state index is 8.73. The smallest absolute Gasteiger partial charge is 0.206 e. The standard InChI is InChI=1S/C7H9N5S/c8-5-6-7(10-11-9-6)12-1-3-13-4-2-12/h1-4H2,(H,9,10,11). The van der Waals surface area contributed by atoms with Crippen LogP contribution in [-0.2, 0) is 0 Å². The van der Waals surface area contributed by atoms with Gasteiger partial charge in [-0.05, 0) is 0 Å². The van der Waals surface area contributed by atoms with E-state index in [0.29, 0.717) is 11.5 Å². The Labute approximate surface area is 80.1 Å². The fourth-order valence-electron chi connectivity index (χ4n) is 1.30. The predicted molar refractivity (Wildman–Crippen MR) is 50.6 cm³/mol. The highest BCUT2D eigenvalue weighted by Crippen LogP contribution is 2.18. The summed E-state index contributed by atoms with van der Waals surface area (Å²) in [6, 6.07) is 2.02. The summed E-state index contributed by atoms with van der Waals surface area (Å²) in [4.78, 5) is 2.10. The van der Waals surface area contributed by atoms with Crippen LogP contribution in [0.4, 0.5) is 5.82 Å². The summed E-state index contributed by atoms with van der Waals surface area (Å²) in [6.07, 6.45) is 0. The summed E-state index contributed by atoms with van der Waals surface area (Å²) in [6.45, 7) is 1.90. The van der Waals surface area contributed by atoms with Crippen molar-refractivity contribution in [2.75, 3.05) is 29.5 Å². The van der Waals surface area contributed by atoms with Crippen LogP contribution in [0.15, 0.2) is 0 Å². The molecule has 68 valence electrons. The van der Waals surface area contributed by atoms with Crippen LogP contribution in [0.1, 0.15) is 5.69 Å². The second-order valence-electron chi connectivity index (χ2n) is 2.71. The third kappa shape index (κ3) is 1.60. The molecule has 1 N–H and O–H groups in total. The molecule has 13 heavy (non-hydrogen) atoms. The van der Waals surface area contributed by atoms with Gasteiger partial charge in [0.2, 0.25) is 5.69 Å².